The van der Waals surface area contributed by atoms with E-state index in [-0.39, 0.29) is 5.60 Å². The highest BCUT2D eigenvalue weighted by Crippen LogP contribution is 2.34. The second-order valence-electron chi connectivity index (χ2n) is 5.39. The molecule has 2 nitrogen and oxygen atoms in total. The van der Waals surface area contributed by atoms with Gasteiger partial charge in [-0.3, -0.25) is 0 Å². The average Bonchev–Trinajstić information content (AvgIpc) is 2.64. The summed E-state index contributed by atoms with van der Waals surface area (Å²) in [6.45, 7) is 3.18. The smallest absolute Gasteiger partial charge is 0.0830 e. The van der Waals surface area contributed by atoms with E-state index >= 15 is 0 Å². The van der Waals surface area contributed by atoms with Gasteiger partial charge in [0.15, 0.2) is 0 Å². The van der Waals surface area contributed by atoms with Crippen LogP contribution < -0.4 is 5.32 Å². The van der Waals surface area contributed by atoms with Crippen LogP contribution in [0.1, 0.15) is 64.7 Å². The standard InChI is InChI=1S/C16H29NO/c1-4-6-9-12-15(17-5-2)16(18-3)13-10-7-8-11-14-16/h1,15,17H,5-14H2,2-3H3. The number of rotatable bonds is 7. The first kappa shape index (κ1) is 15.5. The van der Waals surface area contributed by atoms with Gasteiger partial charge in [0, 0.05) is 19.6 Å². The van der Waals surface area contributed by atoms with Crippen molar-refractivity contribution in [2.24, 2.45) is 0 Å². The highest BCUT2D eigenvalue weighted by Gasteiger charge is 2.38. The third-order valence-corrected chi connectivity index (χ3v) is 4.26. The number of nitrogens with one attached hydrogen (secondary N) is 1. The van der Waals surface area contributed by atoms with Gasteiger partial charge in [-0.05, 0) is 32.2 Å². The molecule has 0 saturated heterocycles. The molecule has 2 heteroatoms. The Morgan fingerprint density at radius 2 is 1.94 bits per heavy atom. The summed E-state index contributed by atoms with van der Waals surface area (Å²) in [5, 5.41) is 3.64. The van der Waals surface area contributed by atoms with Crippen molar-refractivity contribution >= 4 is 0 Å². The van der Waals surface area contributed by atoms with Crippen molar-refractivity contribution in [1.29, 1.82) is 0 Å². The molecule has 1 saturated carbocycles. The van der Waals surface area contributed by atoms with Crippen LogP contribution >= 0.6 is 0 Å². The quantitative estimate of drug-likeness (QED) is 0.425. The molecule has 104 valence electrons. The predicted molar refractivity (Wildman–Crippen MR) is 77.6 cm³/mol. The molecule has 1 rings (SSSR count). The minimum atomic E-state index is 0.0428. The van der Waals surface area contributed by atoms with E-state index in [4.69, 9.17) is 11.2 Å². The topological polar surface area (TPSA) is 21.3 Å². The Balaban J connectivity index is 2.67. The first-order valence-corrected chi connectivity index (χ1v) is 7.51. The van der Waals surface area contributed by atoms with Crippen molar-refractivity contribution in [3.8, 4) is 12.3 Å². The summed E-state index contributed by atoms with van der Waals surface area (Å²) in [6, 6.07) is 0.457. The van der Waals surface area contributed by atoms with Crippen LogP contribution in [0.5, 0.6) is 0 Å². The van der Waals surface area contributed by atoms with Gasteiger partial charge < -0.3 is 10.1 Å². The number of terminal acetylenes is 1. The van der Waals surface area contributed by atoms with E-state index in [2.05, 4.69) is 18.2 Å². The Labute approximate surface area is 113 Å². The lowest BCUT2D eigenvalue weighted by Gasteiger charge is -2.40. The number of likely N-dealkylation sites (N-methyl/N-ethyl adjacent to an activating group) is 1. The lowest BCUT2D eigenvalue weighted by molar-refractivity contribution is -0.0547. The molecule has 0 spiro atoms. The largest absolute Gasteiger partial charge is 0.377 e. The number of hydrogen-bond donors (Lipinski definition) is 1. The zero-order valence-corrected chi connectivity index (χ0v) is 12.1. The van der Waals surface area contributed by atoms with E-state index in [1.807, 2.05) is 7.11 Å². The maximum absolute atomic E-state index is 5.99. The first-order chi connectivity index (χ1) is 8.79. The van der Waals surface area contributed by atoms with E-state index in [0.29, 0.717) is 6.04 Å². The first-order valence-electron chi connectivity index (χ1n) is 7.51. The van der Waals surface area contributed by atoms with Gasteiger partial charge in [-0.15, -0.1) is 12.3 Å². The lowest BCUT2D eigenvalue weighted by atomic mass is 9.83. The highest BCUT2D eigenvalue weighted by atomic mass is 16.5. The van der Waals surface area contributed by atoms with E-state index in [1.54, 1.807) is 0 Å². The van der Waals surface area contributed by atoms with Gasteiger partial charge in [0.25, 0.3) is 0 Å². The van der Waals surface area contributed by atoms with Crippen molar-refractivity contribution in [3.05, 3.63) is 0 Å². The van der Waals surface area contributed by atoms with Gasteiger partial charge in [-0.2, -0.15) is 0 Å². The molecule has 0 aromatic carbocycles. The van der Waals surface area contributed by atoms with E-state index in [9.17, 15) is 0 Å². The van der Waals surface area contributed by atoms with Crippen molar-refractivity contribution in [2.75, 3.05) is 13.7 Å². The van der Waals surface area contributed by atoms with Gasteiger partial charge >= 0.3 is 0 Å². The van der Waals surface area contributed by atoms with Crippen LogP contribution in [0.25, 0.3) is 0 Å². The third kappa shape index (κ3) is 4.30. The molecule has 1 aliphatic rings. The molecule has 18 heavy (non-hydrogen) atoms. The summed E-state index contributed by atoms with van der Waals surface area (Å²) in [5.41, 5.74) is 0.0428. The molecule has 0 aliphatic heterocycles. The zero-order chi connectivity index (χ0) is 13.3. The fourth-order valence-corrected chi connectivity index (χ4v) is 3.23. The fourth-order valence-electron chi connectivity index (χ4n) is 3.23. The summed E-state index contributed by atoms with van der Waals surface area (Å²) < 4.78 is 5.99. The maximum Gasteiger partial charge on any atom is 0.0830 e. The zero-order valence-electron chi connectivity index (χ0n) is 12.1. The normalized spacial score (nSPS) is 20.9. The van der Waals surface area contributed by atoms with Crippen molar-refractivity contribution in [1.82, 2.24) is 5.32 Å². The van der Waals surface area contributed by atoms with Crippen molar-refractivity contribution in [3.63, 3.8) is 0 Å². The van der Waals surface area contributed by atoms with Crippen LogP contribution in [0.2, 0.25) is 0 Å². The Morgan fingerprint density at radius 3 is 2.44 bits per heavy atom. The Morgan fingerprint density at radius 1 is 1.28 bits per heavy atom. The average molecular weight is 251 g/mol. The van der Waals surface area contributed by atoms with E-state index < -0.39 is 0 Å². The van der Waals surface area contributed by atoms with Crippen LogP contribution in [0.15, 0.2) is 0 Å². The molecule has 0 aromatic rings. The van der Waals surface area contributed by atoms with Gasteiger partial charge in [0.1, 0.15) is 0 Å². The van der Waals surface area contributed by atoms with Gasteiger partial charge in [0.2, 0.25) is 0 Å². The van der Waals surface area contributed by atoms with Gasteiger partial charge in [-0.25, -0.2) is 0 Å². The second-order valence-corrected chi connectivity index (χ2v) is 5.39. The summed E-state index contributed by atoms with van der Waals surface area (Å²) in [6.07, 6.45) is 16.1. The lowest BCUT2D eigenvalue weighted by Crippen LogP contribution is -2.52. The summed E-state index contributed by atoms with van der Waals surface area (Å²) in [5.74, 6) is 2.74. The third-order valence-electron chi connectivity index (χ3n) is 4.26. The molecule has 1 N–H and O–H groups in total. The molecule has 1 aliphatic carbocycles. The fraction of sp³-hybridized carbons (Fsp3) is 0.875. The minimum absolute atomic E-state index is 0.0428. The Bertz CT molecular complexity index is 248. The Hall–Kier alpha value is -0.520. The SMILES string of the molecule is C#CCCCC(NCC)C1(OC)CCCCCC1. The number of methoxy groups -OCH3 is 1. The van der Waals surface area contributed by atoms with Crippen LogP contribution in [0.3, 0.4) is 0 Å². The molecule has 1 fully saturated rings. The Kier molecular flexibility index (Phi) is 7.39. The molecule has 0 aromatic heterocycles. The van der Waals surface area contributed by atoms with E-state index in [0.717, 1.165) is 25.8 Å². The van der Waals surface area contributed by atoms with Crippen LogP contribution in [-0.4, -0.2) is 25.3 Å². The van der Waals surface area contributed by atoms with E-state index in [1.165, 1.54) is 38.5 Å². The van der Waals surface area contributed by atoms with Crippen LogP contribution in [0, 0.1) is 12.3 Å². The van der Waals surface area contributed by atoms with Crippen LogP contribution in [0.4, 0.5) is 0 Å². The molecule has 0 bridgehead atoms. The highest BCUT2D eigenvalue weighted by molar-refractivity contribution is 4.95. The number of hydrogen-bond acceptors (Lipinski definition) is 2. The second kappa shape index (κ2) is 8.56. The monoisotopic (exact) mass is 251 g/mol. The van der Waals surface area contributed by atoms with Crippen molar-refractivity contribution < 1.29 is 4.74 Å². The van der Waals surface area contributed by atoms with Crippen molar-refractivity contribution in [2.45, 2.75) is 76.4 Å². The van der Waals surface area contributed by atoms with Gasteiger partial charge in [0.05, 0.1) is 5.60 Å². The predicted octanol–water partition coefficient (Wildman–Crippen LogP) is 3.51. The molecule has 0 amide bonds. The summed E-state index contributed by atoms with van der Waals surface area (Å²) >= 11 is 0. The molecule has 0 heterocycles. The molecule has 1 atom stereocenters. The molecular weight excluding hydrogens is 222 g/mol. The summed E-state index contributed by atoms with van der Waals surface area (Å²) in [4.78, 5) is 0. The number of unbranched alkanes of at least 4 members (excludes halogenated alkanes) is 1. The molecule has 0 radical (unpaired) electrons. The minimum Gasteiger partial charge on any atom is -0.377 e. The van der Waals surface area contributed by atoms with Crippen LogP contribution in [-0.2, 0) is 4.74 Å². The maximum atomic E-state index is 5.99. The molecular formula is C16H29NO. The molecule has 1 unspecified atom stereocenters. The number of ether oxygens (including phenoxy) is 1. The van der Waals surface area contributed by atoms with Gasteiger partial charge in [-0.1, -0.05) is 32.6 Å². The summed E-state index contributed by atoms with van der Waals surface area (Å²) in [7, 11) is 1.89.